The van der Waals surface area contributed by atoms with Gasteiger partial charge in [-0.3, -0.25) is 14.4 Å². The van der Waals surface area contributed by atoms with Crippen molar-refractivity contribution in [1.29, 1.82) is 0 Å². The fraction of sp³-hybridized carbons (Fsp3) is 0.423. The summed E-state index contributed by atoms with van der Waals surface area (Å²) in [4.78, 5) is 35.4. The van der Waals surface area contributed by atoms with Crippen LogP contribution in [0.1, 0.15) is 50.7 Å². The molecule has 0 aromatic heterocycles. The molecule has 2 atom stereocenters. The van der Waals surface area contributed by atoms with Crippen molar-refractivity contribution >= 4 is 23.3 Å². The van der Waals surface area contributed by atoms with Crippen molar-refractivity contribution in [3.63, 3.8) is 0 Å². The predicted molar refractivity (Wildman–Crippen MR) is 128 cm³/mol. The van der Waals surface area contributed by atoms with Crippen LogP contribution in [0.25, 0.3) is 0 Å². The number of halogens is 2. The van der Waals surface area contributed by atoms with E-state index < -0.39 is 23.7 Å². The lowest BCUT2D eigenvalue weighted by atomic mass is 9.96. The molecule has 1 fully saturated rings. The molecule has 1 amide bonds. The van der Waals surface area contributed by atoms with Crippen LogP contribution in [0.5, 0.6) is 5.75 Å². The van der Waals surface area contributed by atoms with Crippen molar-refractivity contribution in [2.24, 2.45) is 5.92 Å². The molecule has 0 aliphatic carbocycles. The number of anilines is 2. The summed E-state index contributed by atoms with van der Waals surface area (Å²) in [6.07, 6.45) is 0.707. The summed E-state index contributed by atoms with van der Waals surface area (Å²) < 4.78 is 40.2. The summed E-state index contributed by atoms with van der Waals surface area (Å²) in [7, 11) is 1.38. The third kappa shape index (κ3) is 6.55. The zero-order valence-corrected chi connectivity index (χ0v) is 20.2. The number of carbonyl (C=O) groups is 2. The third-order valence-electron chi connectivity index (χ3n) is 5.97. The standard InChI is InChI=1S/C26H30F2N2O5/c1-14(2)19-12-23(32)24(34-4)8-7-22(19)30-25-20(27)9-16(10-21(25)28)5-6-17-11-18(35-26(17)33)13-29-15(3)31/h7-10,12,14,17-18,30H,5-6,11,13H2,1-4H3,(H,29,31)/t17?,18-/m1/s1. The molecule has 2 aromatic carbocycles. The van der Waals surface area contributed by atoms with E-state index in [9.17, 15) is 23.2 Å². The van der Waals surface area contributed by atoms with Crippen LogP contribution in [-0.2, 0) is 20.7 Å². The van der Waals surface area contributed by atoms with Gasteiger partial charge in [-0.05, 0) is 66.6 Å². The molecular formula is C26H30F2N2O5. The summed E-state index contributed by atoms with van der Waals surface area (Å²) in [6.45, 7) is 5.37. The van der Waals surface area contributed by atoms with Crippen molar-refractivity contribution in [1.82, 2.24) is 5.32 Å². The molecule has 188 valence electrons. The number of nitrogens with one attached hydrogen (secondary N) is 2. The first kappa shape index (κ1) is 26.1. The fourth-order valence-electron chi connectivity index (χ4n) is 4.09. The molecular weight excluding hydrogens is 458 g/mol. The molecule has 0 spiro atoms. The van der Waals surface area contributed by atoms with Crippen LogP contribution in [0.15, 0.2) is 35.1 Å². The number of carbonyl (C=O) groups excluding carboxylic acids is 2. The molecule has 2 aromatic rings. The highest BCUT2D eigenvalue weighted by molar-refractivity contribution is 5.75. The number of methoxy groups -OCH3 is 1. The van der Waals surface area contributed by atoms with E-state index in [1.165, 1.54) is 38.3 Å². The average Bonchev–Trinajstić information content (AvgIpc) is 3.06. The maximum absolute atomic E-state index is 14.9. The Labute approximate surface area is 202 Å². The van der Waals surface area contributed by atoms with Crippen molar-refractivity contribution in [2.45, 2.75) is 52.1 Å². The quantitative estimate of drug-likeness (QED) is 0.514. The van der Waals surface area contributed by atoms with E-state index in [2.05, 4.69) is 10.6 Å². The van der Waals surface area contributed by atoms with Crippen LogP contribution in [0, 0.1) is 17.6 Å². The summed E-state index contributed by atoms with van der Waals surface area (Å²) in [5.74, 6) is -2.50. The molecule has 2 N–H and O–H groups in total. The van der Waals surface area contributed by atoms with Crippen molar-refractivity contribution in [2.75, 3.05) is 19.0 Å². The molecule has 1 heterocycles. The van der Waals surface area contributed by atoms with Gasteiger partial charge in [0.1, 0.15) is 23.4 Å². The molecule has 0 bridgehead atoms. The third-order valence-corrected chi connectivity index (χ3v) is 5.97. The van der Waals surface area contributed by atoms with Gasteiger partial charge in [0.2, 0.25) is 11.3 Å². The summed E-state index contributed by atoms with van der Waals surface area (Å²) in [6, 6.07) is 6.89. The van der Waals surface area contributed by atoms with Gasteiger partial charge in [0, 0.05) is 12.6 Å². The number of esters is 1. The van der Waals surface area contributed by atoms with Crippen LogP contribution in [0.4, 0.5) is 20.2 Å². The number of benzene rings is 1. The van der Waals surface area contributed by atoms with Gasteiger partial charge >= 0.3 is 5.97 Å². The number of rotatable bonds is 9. The zero-order chi connectivity index (χ0) is 25.7. The SMILES string of the molecule is COc1ccc(Nc2c(F)cc(CCC3C[C@H](CNC(C)=O)OC3=O)cc2F)c(C(C)C)cc1=O. The predicted octanol–water partition coefficient (Wildman–Crippen LogP) is 4.20. The maximum Gasteiger partial charge on any atom is 0.309 e. The zero-order valence-electron chi connectivity index (χ0n) is 20.2. The first-order chi connectivity index (χ1) is 16.6. The summed E-state index contributed by atoms with van der Waals surface area (Å²) in [5.41, 5.74) is 0.740. The van der Waals surface area contributed by atoms with Gasteiger partial charge in [-0.25, -0.2) is 8.78 Å². The smallest absolute Gasteiger partial charge is 0.309 e. The minimum atomic E-state index is -0.784. The molecule has 1 aliphatic rings. The largest absolute Gasteiger partial charge is 0.493 e. The monoisotopic (exact) mass is 488 g/mol. The Morgan fingerprint density at radius 2 is 1.86 bits per heavy atom. The van der Waals surface area contributed by atoms with Gasteiger partial charge in [0.15, 0.2) is 5.75 Å². The summed E-state index contributed by atoms with van der Waals surface area (Å²) >= 11 is 0. The van der Waals surface area contributed by atoms with Crippen LogP contribution in [0.3, 0.4) is 0 Å². The normalized spacial score (nSPS) is 17.3. The van der Waals surface area contributed by atoms with Crippen molar-refractivity contribution in [3.05, 3.63) is 63.3 Å². The summed E-state index contributed by atoms with van der Waals surface area (Å²) in [5, 5.41) is 5.42. The fourth-order valence-corrected chi connectivity index (χ4v) is 4.09. The Hall–Kier alpha value is -3.49. The maximum atomic E-state index is 14.9. The van der Waals surface area contributed by atoms with Crippen molar-refractivity contribution in [3.8, 4) is 5.75 Å². The molecule has 0 radical (unpaired) electrons. The minimum Gasteiger partial charge on any atom is -0.493 e. The van der Waals surface area contributed by atoms with Gasteiger partial charge < -0.3 is 20.1 Å². The van der Waals surface area contributed by atoms with E-state index in [1.807, 2.05) is 13.8 Å². The topological polar surface area (TPSA) is 93.7 Å². The molecule has 7 nitrogen and oxygen atoms in total. The lowest BCUT2D eigenvalue weighted by molar-refractivity contribution is -0.144. The van der Waals surface area contributed by atoms with E-state index in [0.717, 1.165) is 0 Å². The molecule has 9 heteroatoms. The highest BCUT2D eigenvalue weighted by Crippen LogP contribution is 2.31. The number of hydrogen-bond donors (Lipinski definition) is 2. The second-order valence-electron chi connectivity index (χ2n) is 8.96. The second kappa shape index (κ2) is 11.3. The van der Waals surface area contributed by atoms with E-state index in [4.69, 9.17) is 9.47 Å². The van der Waals surface area contributed by atoms with Crippen molar-refractivity contribution < 1.29 is 27.8 Å². The van der Waals surface area contributed by atoms with Crippen LogP contribution < -0.4 is 20.8 Å². The molecule has 35 heavy (non-hydrogen) atoms. The molecule has 1 aliphatic heterocycles. The Bertz CT molecular complexity index is 1150. The minimum absolute atomic E-state index is 0.0895. The van der Waals surface area contributed by atoms with E-state index in [1.54, 1.807) is 6.07 Å². The van der Waals surface area contributed by atoms with Gasteiger partial charge in [-0.2, -0.15) is 0 Å². The lowest BCUT2D eigenvalue weighted by Gasteiger charge is -2.15. The van der Waals surface area contributed by atoms with Gasteiger partial charge in [0.25, 0.3) is 0 Å². The highest BCUT2D eigenvalue weighted by Gasteiger charge is 2.34. The number of cyclic esters (lactones) is 1. The number of hydrogen-bond acceptors (Lipinski definition) is 6. The first-order valence-electron chi connectivity index (χ1n) is 11.5. The molecule has 1 saturated heterocycles. The Kier molecular flexibility index (Phi) is 8.43. The lowest BCUT2D eigenvalue weighted by Crippen LogP contribution is -2.30. The molecule has 1 unspecified atom stereocenters. The second-order valence-corrected chi connectivity index (χ2v) is 8.96. The number of aryl methyl sites for hydroxylation is 1. The Morgan fingerprint density at radius 3 is 2.46 bits per heavy atom. The van der Waals surface area contributed by atoms with E-state index in [0.29, 0.717) is 29.7 Å². The van der Waals surface area contributed by atoms with E-state index >= 15 is 0 Å². The van der Waals surface area contributed by atoms with Crippen LogP contribution >= 0.6 is 0 Å². The van der Waals surface area contributed by atoms with Crippen LogP contribution in [-0.4, -0.2) is 31.6 Å². The molecule has 3 rings (SSSR count). The van der Waals surface area contributed by atoms with Gasteiger partial charge in [0.05, 0.1) is 19.6 Å². The Balaban J connectivity index is 1.74. The number of ether oxygens (including phenoxy) is 2. The van der Waals surface area contributed by atoms with Gasteiger partial charge in [-0.1, -0.05) is 13.8 Å². The van der Waals surface area contributed by atoms with Gasteiger partial charge in [-0.15, -0.1) is 0 Å². The molecule has 0 saturated carbocycles. The average molecular weight is 489 g/mol. The number of amides is 1. The van der Waals surface area contributed by atoms with Crippen LogP contribution in [0.2, 0.25) is 0 Å². The Morgan fingerprint density at radius 1 is 1.17 bits per heavy atom. The first-order valence-corrected chi connectivity index (χ1v) is 11.5. The highest BCUT2D eigenvalue weighted by atomic mass is 19.1. The van der Waals surface area contributed by atoms with E-state index in [-0.39, 0.29) is 47.6 Å².